The van der Waals surface area contributed by atoms with E-state index in [1.807, 2.05) is 17.0 Å². The Kier molecular flexibility index (Phi) is 5.91. The zero-order chi connectivity index (χ0) is 19.3. The normalized spacial score (nSPS) is 18.3. The summed E-state index contributed by atoms with van der Waals surface area (Å²) >= 11 is 0. The molecule has 0 atom stereocenters. The van der Waals surface area contributed by atoms with Gasteiger partial charge in [0.25, 0.3) is 5.91 Å². The zero-order valence-corrected chi connectivity index (χ0v) is 16.3. The smallest absolute Gasteiger partial charge is 0.253 e. The van der Waals surface area contributed by atoms with E-state index in [1.54, 1.807) is 12.1 Å². The number of piperazine rings is 1. The van der Waals surface area contributed by atoms with E-state index in [1.165, 1.54) is 50.0 Å². The lowest BCUT2D eigenvalue weighted by atomic mass is 10.1. The lowest BCUT2D eigenvalue weighted by Crippen LogP contribution is -2.48. The van der Waals surface area contributed by atoms with E-state index in [9.17, 15) is 9.18 Å². The van der Waals surface area contributed by atoms with E-state index in [0.717, 1.165) is 30.9 Å². The minimum Gasteiger partial charge on any atom is -0.368 e. The summed E-state index contributed by atoms with van der Waals surface area (Å²) in [5, 5.41) is 0. The molecule has 2 fully saturated rings. The molecule has 0 N–H and O–H groups in total. The monoisotopic (exact) mass is 381 g/mol. The van der Waals surface area contributed by atoms with Crippen molar-refractivity contribution in [2.24, 2.45) is 0 Å². The Bertz CT molecular complexity index is 776. The van der Waals surface area contributed by atoms with Gasteiger partial charge in [0.1, 0.15) is 5.82 Å². The first kappa shape index (κ1) is 18.9. The van der Waals surface area contributed by atoms with Crippen molar-refractivity contribution in [2.75, 3.05) is 44.2 Å². The Balaban J connectivity index is 1.31. The molecular weight excluding hydrogens is 353 g/mol. The second-order valence-corrected chi connectivity index (χ2v) is 7.79. The second-order valence-electron chi connectivity index (χ2n) is 7.79. The second kappa shape index (κ2) is 8.74. The first-order valence-electron chi connectivity index (χ1n) is 10.3. The van der Waals surface area contributed by atoms with Gasteiger partial charge in [0.05, 0.1) is 0 Å². The van der Waals surface area contributed by atoms with Crippen LogP contribution in [0.4, 0.5) is 10.1 Å². The summed E-state index contributed by atoms with van der Waals surface area (Å²) in [4.78, 5) is 19.4. The van der Waals surface area contributed by atoms with Crippen LogP contribution in [0.3, 0.4) is 0 Å². The molecule has 0 bridgehead atoms. The van der Waals surface area contributed by atoms with Gasteiger partial charge in [0, 0.05) is 44.0 Å². The maximum Gasteiger partial charge on any atom is 0.253 e. The number of hydrogen-bond donors (Lipinski definition) is 0. The number of carbonyl (C=O) groups is 1. The van der Waals surface area contributed by atoms with Crippen molar-refractivity contribution in [1.82, 2.24) is 9.80 Å². The molecule has 0 spiro atoms. The first-order valence-corrected chi connectivity index (χ1v) is 10.3. The molecule has 2 aromatic rings. The van der Waals surface area contributed by atoms with Crippen molar-refractivity contribution in [3.63, 3.8) is 0 Å². The molecule has 2 aliphatic rings. The molecule has 148 valence electrons. The lowest BCUT2D eigenvalue weighted by Gasteiger charge is -2.36. The van der Waals surface area contributed by atoms with Crippen LogP contribution in [0, 0.1) is 5.82 Å². The molecule has 0 aliphatic carbocycles. The maximum atomic E-state index is 13.1. The fourth-order valence-electron chi connectivity index (χ4n) is 4.13. The van der Waals surface area contributed by atoms with E-state index in [2.05, 4.69) is 21.9 Å². The van der Waals surface area contributed by atoms with Gasteiger partial charge in [-0.3, -0.25) is 9.69 Å². The summed E-state index contributed by atoms with van der Waals surface area (Å²) in [7, 11) is 0. The Hall–Kier alpha value is -2.40. The number of nitrogens with zero attached hydrogens (tertiary/aromatic N) is 3. The van der Waals surface area contributed by atoms with Gasteiger partial charge in [-0.15, -0.1) is 0 Å². The van der Waals surface area contributed by atoms with Crippen molar-refractivity contribution in [2.45, 2.75) is 25.8 Å². The molecular formula is C23H28FN3O. The highest BCUT2D eigenvalue weighted by molar-refractivity contribution is 5.94. The molecule has 2 saturated heterocycles. The first-order chi connectivity index (χ1) is 13.7. The van der Waals surface area contributed by atoms with Gasteiger partial charge in [0.2, 0.25) is 0 Å². The number of anilines is 1. The summed E-state index contributed by atoms with van der Waals surface area (Å²) in [6, 6.07) is 14.7. The van der Waals surface area contributed by atoms with Crippen LogP contribution in [0.2, 0.25) is 0 Å². The molecule has 4 rings (SSSR count). The molecule has 4 nitrogen and oxygen atoms in total. The molecule has 1 amide bonds. The van der Waals surface area contributed by atoms with E-state index in [-0.39, 0.29) is 11.7 Å². The quantitative estimate of drug-likeness (QED) is 0.807. The Morgan fingerprint density at radius 1 is 0.786 bits per heavy atom. The van der Waals surface area contributed by atoms with Crippen LogP contribution in [0.5, 0.6) is 0 Å². The number of hydrogen-bond acceptors (Lipinski definition) is 3. The predicted octanol–water partition coefficient (Wildman–Crippen LogP) is 3.77. The van der Waals surface area contributed by atoms with Gasteiger partial charge in [-0.05, 0) is 67.9 Å². The summed E-state index contributed by atoms with van der Waals surface area (Å²) in [6.45, 7) is 6.25. The molecule has 5 heteroatoms. The Labute approximate surface area is 166 Å². The van der Waals surface area contributed by atoms with E-state index in [0.29, 0.717) is 13.1 Å². The zero-order valence-electron chi connectivity index (χ0n) is 16.3. The Morgan fingerprint density at radius 3 is 2.07 bits per heavy atom. The van der Waals surface area contributed by atoms with Crippen LogP contribution in [0.25, 0.3) is 0 Å². The highest BCUT2D eigenvalue weighted by atomic mass is 19.1. The number of likely N-dealkylation sites (tertiary alicyclic amines) is 1. The van der Waals surface area contributed by atoms with Crippen molar-refractivity contribution >= 4 is 11.6 Å². The average molecular weight is 381 g/mol. The molecule has 0 unspecified atom stereocenters. The van der Waals surface area contributed by atoms with Gasteiger partial charge in [0.15, 0.2) is 0 Å². The average Bonchev–Trinajstić information content (AvgIpc) is 2.75. The summed E-state index contributed by atoms with van der Waals surface area (Å²) in [5.41, 5.74) is 3.05. The highest BCUT2D eigenvalue weighted by Gasteiger charge is 2.22. The Morgan fingerprint density at radius 2 is 1.43 bits per heavy atom. The van der Waals surface area contributed by atoms with Crippen LogP contribution in [-0.4, -0.2) is 55.0 Å². The van der Waals surface area contributed by atoms with Gasteiger partial charge in [-0.1, -0.05) is 18.6 Å². The number of halogens is 1. The third kappa shape index (κ3) is 4.53. The van der Waals surface area contributed by atoms with E-state index < -0.39 is 0 Å². The number of carbonyl (C=O) groups excluding carboxylic acids is 1. The summed E-state index contributed by atoms with van der Waals surface area (Å²) in [6.07, 6.45) is 3.93. The van der Waals surface area contributed by atoms with Crippen molar-refractivity contribution in [3.8, 4) is 0 Å². The minimum atomic E-state index is -0.221. The van der Waals surface area contributed by atoms with Crippen LogP contribution >= 0.6 is 0 Å². The third-order valence-electron chi connectivity index (χ3n) is 5.81. The lowest BCUT2D eigenvalue weighted by molar-refractivity contribution is 0.0747. The van der Waals surface area contributed by atoms with Crippen molar-refractivity contribution < 1.29 is 9.18 Å². The van der Waals surface area contributed by atoms with Crippen molar-refractivity contribution in [1.29, 1.82) is 0 Å². The highest BCUT2D eigenvalue weighted by Crippen LogP contribution is 2.19. The minimum absolute atomic E-state index is 0.100. The third-order valence-corrected chi connectivity index (χ3v) is 5.81. The van der Waals surface area contributed by atoms with E-state index in [4.69, 9.17) is 0 Å². The fourth-order valence-corrected chi connectivity index (χ4v) is 4.13. The number of benzene rings is 2. The maximum absolute atomic E-state index is 13.1. The largest absolute Gasteiger partial charge is 0.368 e. The SMILES string of the molecule is O=C(c1ccc(CN2CCCCC2)cc1)N1CCN(c2ccc(F)cc2)CC1. The van der Waals surface area contributed by atoms with Crippen LogP contribution in [0.15, 0.2) is 48.5 Å². The standard InChI is InChI=1S/C23H28FN3O/c24-21-8-10-22(11-9-21)26-14-16-27(17-15-26)23(28)20-6-4-19(5-7-20)18-25-12-2-1-3-13-25/h4-11H,1-3,12-18H2. The van der Waals surface area contributed by atoms with Crippen LogP contribution < -0.4 is 4.90 Å². The van der Waals surface area contributed by atoms with Gasteiger partial charge >= 0.3 is 0 Å². The van der Waals surface area contributed by atoms with Gasteiger partial charge < -0.3 is 9.80 Å². The van der Waals surface area contributed by atoms with E-state index >= 15 is 0 Å². The van der Waals surface area contributed by atoms with Crippen molar-refractivity contribution in [3.05, 3.63) is 65.5 Å². The topological polar surface area (TPSA) is 26.8 Å². The number of amides is 1. The molecule has 0 saturated carbocycles. The molecule has 0 aromatic heterocycles. The fraction of sp³-hybridized carbons (Fsp3) is 0.435. The molecule has 2 aromatic carbocycles. The van der Waals surface area contributed by atoms with Crippen LogP contribution in [0.1, 0.15) is 35.2 Å². The van der Waals surface area contributed by atoms with Crippen LogP contribution in [-0.2, 0) is 6.54 Å². The summed E-state index contributed by atoms with van der Waals surface area (Å²) in [5.74, 6) is -0.121. The van der Waals surface area contributed by atoms with Gasteiger partial charge in [-0.2, -0.15) is 0 Å². The molecule has 2 heterocycles. The molecule has 28 heavy (non-hydrogen) atoms. The predicted molar refractivity (Wildman–Crippen MR) is 110 cm³/mol. The molecule has 2 aliphatic heterocycles. The number of rotatable bonds is 4. The number of piperidine rings is 1. The molecule has 0 radical (unpaired) electrons. The van der Waals surface area contributed by atoms with Gasteiger partial charge in [-0.25, -0.2) is 4.39 Å². The summed E-state index contributed by atoms with van der Waals surface area (Å²) < 4.78 is 13.1.